The van der Waals surface area contributed by atoms with E-state index in [2.05, 4.69) is 0 Å². The summed E-state index contributed by atoms with van der Waals surface area (Å²) in [5.41, 5.74) is 6.26. The van der Waals surface area contributed by atoms with E-state index >= 15 is 0 Å². The topological polar surface area (TPSA) is 85.3 Å². The molecule has 0 fully saturated rings. The van der Waals surface area contributed by atoms with E-state index in [4.69, 9.17) is 32.7 Å². The van der Waals surface area contributed by atoms with Crippen LogP contribution < -0.4 is 15.2 Å². The highest BCUT2D eigenvalue weighted by Crippen LogP contribution is 2.29. The van der Waals surface area contributed by atoms with Crippen LogP contribution in [-0.4, -0.2) is 18.1 Å². The summed E-state index contributed by atoms with van der Waals surface area (Å²) in [6.07, 6.45) is 1.53. The molecule has 0 bridgehead atoms. The summed E-state index contributed by atoms with van der Waals surface area (Å²) >= 11 is 4.75. The van der Waals surface area contributed by atoms with Crippen molar-refractivity contribution in [3.63, 3.8) is 0 Å². The van der Waals surface area contributed by atoms with E-state index < -0.39 is 5.97 Å². The van der Waals surface area contributed by atoms with Gasteiger partial charge < -0.3 is 15.2 Å². The largest absolute Gasteiger partial charge is 0.493 e. The SMILES string of the molecule is COc1cc(/C=C(/C#N)C(N)=S)ccc1OC(C)=O. The average Bonchev–Trinajstić information content (AvgIpc) is 2.36. The second-order valence-corrected chi connectivity index (χ2v) is 3.98. The van der Waals surface area contributed by atoms with Crippen LogP contribution in [0, 0.1) is 11.3 Å². The lowest BCUT2D eigenvalue weighted by Crippen LogP contribution is -2.09. The Hall–Kier alpha value is -2.39. The Kier molecular flexibility index (Phi) is 5.03. The zero-order valence-electron chi connectivity index (χ0n) is 10.5. The molecule has 98 valence electrons. The van der Waals surface area contributed by atoms with Crippen LogP contribution in [-0.2, 0) is 4.79 Å². The molecule has 0 saturated carbocycles. The van der Waals surface area contributed by atoms with E-state index in [-0.39, 0.29) is 10.6 Å². The van der Waals surface area contributed by atoms with Gasteiger partial charge in [-0.1, -0.05) is 18.3 Å². The first-order valence-corrected chi connectivity index (χ1v) is 5.66. The highest BCUT2D eigenvalue weighted by molar-refractivity contribution is 7.80. The van der Waals surface area contributed by atoms with E-state index in [0.29, 0.717) is 17.1 Å². The number of thiocarbonyl (C=S) groups is 1. The molecule has 0 aliphatic carbocycles. The van der Waals surface area contributed by atoms with Gasteiger partial charge in [0, 0.05) is 6.92 Å². The summed E-state index contributed by atoms with van der Waals surface area (Å²) < 4.78 is 10.1. The maximum atomic E-state index is 10.9. The monoisotopic (exact) mass is 276 g/mol. The Bertz CT molecular complexity index is 588. The third-order valence-electron chi connectivity index (χ3n) is 2.14. The summed E-state index contributed by atoms with van der Waals surface area (Å²) in [6, 6.07) is 6.76. The van der Waals surface area contributed by atoms with Crippen molar-refractivity contribution in [3.8, 4) is 17.6 Å². The van der Waals surface area contributed by atoms with Gasteiger partial charge in [0.2, 0.25) is 0 Å². The first-order chi connectivity index (χ1) is 8.97. The molecule has 0 aliphatic rings. The van der Waals surface area contributed by atoms with Crippen LogP contribution in [0.3, 0.4) is 0 Å². The lowest BCUT2D eigenvalue weighted by atomic mass is 10.1. The first kappa shape index (κ1) is 14.7. The summed E-state index contributed by atoms with van der Waals surface area (Å²) in [5, 5.41) is 8.87. The summed E-state index contributed by atoms with van der Waals surface area (Å²) in [6.45, 7) is 1.30. The van der Waals surface area contributed by atoms with Crippen molar-refractivity contribution in [2.75, 3.05) is 7.11 Å². The van der Waals surface area contributed by atoms with Gasteiger partial charge in [-0.25, -0.2) is 0 Å². The Morgan fingerprint density at radius 3 is 2.63 bits per heavy atom. The minimum Gasteiger partial charge on any atom is -0.493 e. The predicted octanol–water partition coefficient (Wildman–Crippen LogP) is 1.81. The number of carbonyl (C=O) groups excluding carboxylic acids is 1. The second kappa shape index (κ2) is 6.52. The number of hydrogen-bond donors (Lipinski definition) is 1. The van der Waals surface area contributed by atoms with Crippen molar-refractivity contribution < 1.29 is 14.3 Å². The predicted molar refractivity (Wildman–Crippen MR) is 74.7 cm³/mol. The van der Waals surface area contributed by atoms with Gasteiger partial charge in [0.1, 0.15) is 11.1 Å². The van der Waals surface area contributed by atoms with Gasteiger partial charge in [0.05, 0.1) is 12.7 Å². The molecule has 1 aromatic carbocycles. The molecule has 6 heteroatoms. The van der Waals surface area contributed by atoms with Crippen molar-refractivity contribution in [1.29, 1.82) is 5.26 Å². The highest BCUT2D eigenvalue weighted by Gasteiger charge is 2.08. The molecule has 2 N–H and O–H groups in total. The van der Waals surface area contributed by atoms with E-state index in [9.17, 15) is 4.79 Å². The maximum Gasteiger partial charge on any atom is 0.308 e. The lowest BCUT2D eigenvalue weighted by Gasteiger charge is -2.08. The fourth-order valence-electron chi connectivity index (χ4n) is 1.34. The van der Waals surface area contributed by atoms with Crippen LogP contribution in [0.5, 0.6) is 11.5 Å². The molecule has 1 aromatic rings. The molecule has 0 radical (unpaired) electrons. The molecule has 19 heavy (non-hydrogen) atoms. The van der Waals surface area contributed by atoms with Gasteiger partial charge in [0.25, 0.3) is 0 Å². The number of nitriles is 1. The van der Waals surface area contributed by atoms with Crippen molar-refractivity contribution in [3.05, 3.63) is 29.3 Å². The van der Waals surface area contributed by atoms with Gasteiger partial charge in [-0.15, -0.1) is 0 Å². The van der Waals surface area contributed by atoms with Crippen LogP contribution in [0.4, 0.5) is 0 Å². The molecule has 5 nitrogen and oxygen atoms in total. The normalized spacial score (nSPS) is 10.5. The first-order valence-electron chi connectivity index (χ1n) is 5.26. The van der Waals surface area contributed by atoms with Crippen molar-refractivity contribution in [2.45, 2.75) is 6.92 Å². The smallest absolute Gasteiger partial charge is 0.308 e. The maximum absolute atomic E-state index is 10.9. The van der Waals surface area contributed by atoms with Crippen LogP contribution in [0.15, 0.2) is 23.8 Å². The summed E-state index contributed by atoms with van der Waals surface area (Å²) in [5.74, 6) is 0.243. The fourth-order valence-corrected chi connectivity index (χ4v) is 1.44. The second-order valence-electron chi connectivity index (χ2n) is 3.54. The summed E-state index contributed by atoms with van der Waals surface area (Å²) in [7, 11) is 1.45. The Labute approximate surface area is 116 Å². The number of nitrogens with two attached hydrogens (primary N) is 1. The molecule has 1 rings (SSSR count). The molecule has 0 spiro atoms. The molecular formula is C13H12N2O3S. The molecule has 0 heterocycles. The number of carbonyl (C=O) groups is 1. The number of nitrogens with zero attached hydrogens (tertiary/aromatic N) is 1. The third kappa shape index (κ3) is 4.08. The summed E-state index contributed by atoms with van der Waals surface area (Å²) in [4.78, 5) is 10.9. The third-order valence-corrected chi connectivity index (χ3v) is 2.36. The van der Waals surface area contributed by atoms with Crippen LogP contribution in [0.25, 0.3) is 6.08 Å². The number of methoxy groups -OCH3 is 1. The molecule has 0 unspecified atom stereocenters. The number of ether oxygens (including phenoxy) is 2. The van der Waals surface area contributed by atoms with Crippen molar-refractivity contribution in [1.82, 2.24) is 0 Å². The minimum absolute atomic E-state index is 0.0190. The Morgan fingerprint density at radius 2 is 2.16 bits per heavy atom. The lowest BCUT2D eigenvalue weighted by molar-refractivity contribution is -0.132. The molecule has 0 saturated heterocycles. The Balaban J connectivity index is 3.17. The van der Waals surface area contributed by atoms with Crippen molar-refractivity contribution >= 4 is 29.3 Å². The van der Waals surface area contributed by atoms with E-state index in [1.807, 2.05) is 6.07 Å². The quantitative estimate of drug-likeness (QED) is 0.297. The number of rotatable bonds is 4. The zero-order valence-corrected chi connectivity index (χ0v) is 11.3. The van der Waals surface area contributed by atoms with Gasteiger partial charge in [-0.3, -0.25) is 4.79 Å². The van der Waals surface area contributed by atoms with Gasteiger partial charge in [-0.2, -0.15) is 5.26 Å². The van der Waals surface area contributed by atoms with Gasteiger partial charge >= 0.3 is 5.97 Å². The van der Waals surface area contributed by atoms with E-state index in [1.165, 1.54) is 20.1 Å². The van der Waals surface area contributed by atoms with Gasteiger partial charge in [-0.05, 0) is 23.8 Å². The number of esters is 1. The van der Waals surface area contributed by atoms with Crippen molar-refractivity contribution in [2.24, 2.45) is 5.73 Å². The van der Waals surface area contributed by atoms with Crippen LogP contribution in [0.2, 0.25) is 0 Å². The number of hydrogen-bond acceptors (Lipinski definition) is 5. The minimum atomic E-state index is -0.442. The molecular weight excluding hydrogens is 264 g/mol. The highest BCUT2D eigenvalue weighted by atomic mass is 32.1. The zero-order chi connectivity index (χ0) is 14.4. The van der Waals surface area contributed by atoms with Gasteiger partial charge in [0.15, 0.2) is 11.5 Å². The van der Waals surface area contributed by atoms with Crippen LogP contribution in [0.1, 0.15) is 12.5 Å². The average molecular weight is 276 g/mol. The molecule has 0 aliphatic heterocycles. The number of benzene rings is 1. The molecule has 0 amide bonds. The van der Waals surface area contributed by atoms with Crippen LogP contribution >= 0.6 is 12.2 Å². The standard InChI is InChI=1S/C13H12N2O3S/c1-8(16)18-11-4-3-9(6-12(11)17-2)5-10(7-14)13(15)19/h3-6H,1-2H3,(H2,15,19)/b10-5-. The molecule has 0 atom stereocenters. The van der Waals surface area contributed by atoms with E-state index in [0.717, 1.165) is 0 Å². The Morgan fingerprint density at radius 1 is 1.47 bits per heavy atom. The van der Waals surface area contributed by atoms with E-state index in [1.54, 1.807) is 18.2 Å². The fraction of sp³-hybridized carbons (Fsp3) is 0.154. The molecule has 0 aromatic heterocycles.